The van der Waals surface area contributed by atoms with Crippen molar-refractivity contribution in [1.29, 1.82) is 0 Å². The first-order valence-corrected chi connectivity index (χ1v) is 11.4. The maximum atomic E-state index is 9.22. The average Bonchev–Trinajstić information content (AvgIpc) is 1.54. The number of hydrogen-bond donors (Lipinski definition) is 1. The summed E-state index contributed by atoms with van der Waals surface area (Å²) in [6.45, 7) is 15.1. The van der Waals surface area contributed by atoms with Crippen molar-refractivity contribution in [3.63, 3.8) is 0 Å². The molecule has 0 unspecified atom stereocenters. The van der Waals surface area contributed by atoms with Gasteiger partial charge in [-0.3, -0.25) is 4.79 Å². The van der Waals surface area contributed by atoms with Crippen molar-refractivity contribution in [3.05, 3.63) is 0 Å². The van der Waals surface area contributed by atoms with Gasteiger partial charge in [-0.05, 0) is 0 Å². The highest BCUT2D eigenvalue weighted by atomic mass is 28.3. The Balaban J connectivity index is -0.000000101. The molecule has 0 bridgehead atoms. The van der Waals surface area contributed by atoms with Crippen LogP contribution in [0, 0.1) is 0 Å². The van der Waals surface area contributed by atoms with Gasteiger partial charge < -0.3 is 5.73 Å². The lowest BCUT2D eigenvalue weighted by Gasteiger charge is -1.75. The van der Waals surface area contributed by atoms with Gasteiger partial charge in [-0.25, -0.2) is 0 Å². The van der Waals surface area contributed by atoms with Crippen LogP contribution >= 0.6 is 0 Å². The van der Waals surface area contributed by atoms with Crippen LogP contribution in [-0.2, 0) is 4.79 Å². The van der Waals surface area contributed by atoms with Gasteiger partial charge in [0, 0.05) is 24.5 Å². The fourth-order valence-corrected chi connectivity index (χ4v) is 0. The lowest BCUT2D eigenvalue weighted by molar-refractivity contribution is -0.115. The molecule has 0 rings (SSSR count). The van der Waals surface area contributed by atoms with Crippen LogP contribution in [0.4, 0.5) is 0 Å². The fraction of sp³-hybridized carbons (Fsp3) is 0.875. The van der Waals surface area contributed by atoms with Gasteiger partial charge >= 0.3 is 0 Å². The van der Waals surface area contributed by atoms with E-state index in [0.717, 1.165) is 0 Å². The second kappa shape index (κ2) is 13.5. The van der Waals surface area contributed by atoms with Crippen molar-refractivity contribution in [3.8, 4) is 0 Å². The van der Waals surface area contributed by atoms with Gasteiger partial charge in [0.05, 0.1) is 0 Å². The van der Waals surface area contributed by atoms with Crippen molar-refractivity contribution in [2.24, 2.45) is 5.73 Å². The normalized spacial score (nSPS) is 8.08. The number of rotatable bonds is 0. The number of carbonyl (C=O) groups excluding carboxylic acids is 1. The molecular weight excluding hydrogens is 182 g/mol. The molecule has 0 aliphatic rings. The first kappa shape index (κ1) is 17.9. The molecule has 76 valence electrons. The SMILES string of the molecule is CC(N)=O.C[SiH](C)C.C[SiH](C)C. The monoisotopic (exact) mass is 207 g/mol. The van der Waals surface area contributed by atoms with E-state index < -0.39 is 0 Å². The summed E-state index contributed by atoms with van der Waals surface area (Å²) in [4.78, 5) is 9.22. The molecular formula is C8H25NOSi2. The molecule has 2 nitrogen and oxygen atoms in total. The highest BCUT2D eigenvalue weighted by molar-refractivity contribution is 6.54. The molecule has 0 saturated heterocycles. The van der Waals surface area contributed by atoms with Crippen LogP contribution in [0.1, 0.15) is 6.92 Å². The van der Waals surface area contributed by atoms with E-state index in [4.69, 9.17) is 0 Å². The van der Waals surface area contributed by atoms with Crippen LogP contribution in [0.2, 0.25) is 39.3 Å². The Labute approximate surface area is 80.8 Å². The van der Waals surface area contributed by atoms with Crippen LogP contribution in [0.25, 0.3) is 0 Å². The molecule has 0 spiro atoms. The van der Waals surface area contributed by atoms with E-state index >= 15 is 0 Å². The molecule has 0 radical (unpaired) electrons. The summed E-state index contributed by atoms with van der Waals surface area (Å²) in [5.41, 5.74) is 4.47. The number of hydrogen-bond acceptors (Lipinski definition) is 1. The van der Waals surface area contributed by atoms with E-state index in [9.17, 15) is 4.79 Å². The van der Waals surface area contributed by atoms with Gasteiger partial charge in [-0.2, -0.15) is 0 Å². The number of primary amides is 1. The van der Waals surface area contributed by atoms with Crippen molar-refractivity contribution in [1.82, 2.24) is 0 Å². The standard InChI is InChI=1S/2C3H10Si.C2H5NO/c2*1-4(2)3;1-2(3)4/h2*4H,1-3H3;1H3,(H2,3,4). The molecule has 0 aromatic rings. The van der Waals surface area contributed by atoms with Crippen LogP contribution in [0.15, 0.2) is 0 Å². The second-order valence-electron chi connectivity index (χ2n) is 4.07. The number of carbonyl (C=O) groups is 1. The van der Waals surface area contributed by atoms with Crippen molar-refractivity contribution in [2.75, 3.05) is 0 Å². The lowest BCUT2D eigenvalue weighted by atomic mass is 10.8. The van der Waals surface area contributed by atoms with Gasteiger partial charge in [0.25, 0.3) is 0 Å². The zero-order valence-corrected chi connectivity index (χ0v) is 11.9. The molecule has 0 atom stereocenters. The third-order valence-electron chi connectivity index (χ3n) is 0. The summed E-state index contributed by atoms with van der Waals surface area (Å²) < 4.78 is 0. The number of amides is 1. The summed E-state index contributed by atoms with van der Waals surface area (Å²) >= 11 is 0. The zero-order valence-electron chi connectivity index (χ0n) is 9.64. The van der Waals surface area contributed by atoms with Crippen molar-refractivity contribution in [2.45, 2.75) is 46.2 Å². The Kier molecular flexibility index (Phi) is 20.1. The van der Waals surface area contributed by atoms with Gasteiger partial charge in [-0.15, -0.1) is 0 Å². The smallest absolute Gasteiger partial charge is 0.214 e. The highest BCUT2D eigenvalue weighted by Crippen LogP contribution is 1.68. The molecule has 0 saturated carbocycles. The quantitative estimate of drug-likeness (QED) is 0.604. The van der Waals surface area contributed by atoms with Gasteiger partial charge in [0.2, 0.25) is 5.91 Å². The Morgan fingerprint density at radius 1 is 0.917 bits per heavy atom. The minimum Gasteiger partial charge on any atom is -0.370 e. The molecule has 1 amide bonds. The third-order valence-corrected chi connectivity index (χ3v) is 0. The van der Waals surface area contributed by atoms with E-state index in [1.165, 1.54) is 6.92 Å². The molecule has 2 N–H and O–H groups in total. The van der Waals surface area contributed by atoms with Gasteiger partial charge in [0.1, 0.15) is 0 Å². The van der Waals surface area contributed by atoms with E-state index in [0.29, 0.717) is 0 Å². The fourth-order valence-electron chi connectivity index (χ4n) is 0. The molecule has 12 heavy (non-hydrogen) atoms. The maximum Gasteiger partial charge on any atom is 0.214 e. The van der Waals surface area contributed by atoms with Crippen molar-refractivity contribution >= 4 is 23.5 Å². The zero-order chi connectivity index (χ0) is 10.7. The molecule has 0 fully saturated rings. The molecule has 4 heteroatoms. The Hall–Kier alpha value is -0.0962. The largest absolute Gasteiger partial charge is 0.370 e. The summed E-state index contributed by atoms with van der Waals surface area (Å²) in [7, 11) is -0.278. The van der Waals surface area contributed by atoms with E-state index in [1.54, 1.807) is 0 Å². The Morgan fingerprint density at radius 3 is 0.917 bits per heavy atom. The summed E-state index contributed by atoms with van der Waals surface area (Å²) in [6.07, 6.45) is 0. The average molecular weight is 207 g/mol. The van der Waals surface area contributed by atoms with Gasteiger partial charge in [0.15, 0.2) is 0 Å². The lowest BCUT2D eigenvalue weighted by Crippen LogP contribution is -2.01. The van der Waals surface area contributed by atoms with Crippen molar-refractivity contribution < 1.29 is 4.79 Å². The topological polar surface area (TPSA) is 43.1 Å². The number of nitrogens with two attached hydrogens (primary N) is 1. The minimum atomic E-state index is -0.333. The summed E-state index contributed by atoms with van der Waals surface area (Å²) in [6, 6.07) is 0. The highest BCUT2D eigenvalue weighted by Gasteiger charge is 1.72. The van der Waals surface area contributed by atoms with E-state index in [2.05, 4.69) is 45.0 Å². The predicted molar refractivity (Wildman–Crippen MR) is 64.4 cm³/mol. The Morgan fingerprint density at radius 2 is 0.917 bits per heavy atom. The third kappa shape index (κ3) is 84800. The van der Waals surface area contributed by atoms with Crippen LogP contribution in [0.3, 0.4) is 0 Å². The molecule has 0 aromatic heterocycles. The van der Waals surface area contributed by atoms with Crippen LogP contribution in [-0.4, -0.2) is 23.5 Å². The predicted octanol–water partition coefficient (Wildman–Crippen LogP) is 1.70. The molecule has 0 aromatic carbocycles. The maximum absolute atomic E-state index is 9.22. The Bertz CT molecular complexity index is 79.5. The molecule has 0 heterocycles. The molecule has 0 aliphatic carbocycles. The van der Waals surface area contributed by atoms with E-state index in [1.807, 2.05) is 0 Å². The van der Waals surface area contributed by atoms with Crippen LogP contribution < -0.4 is 5.73 Å². The molecule has 0 aliphatic heterocycles. The van der Waals surface area contributed by atoms with E-state index in [-0.39, 0.29) is 23.5 Å². The van der Waals surface area contributed by atoms with Gasteiger partial charge in [-0.1, -0.05) is 39.3 Å². The van der Waals surface area contributed by atoms with Crippen LogP contribution in [0.5, 0.6) is 0 Å². The summed E-state index contributed by atoms with van der Waals surface area (Å²) in [5, 5.41) is 0. The second-order valence-corrected chi connectivity index (χ2v) is 11.0. The summed E-state index contributed by atoms with van der Waals surface area (Å²) in [5.74, 6) is -0.333. The first-order valence-electron chi connectivity index (χ1n) is 4.46. The minimum absolute atomic E-state index is 0.139. The first-order chi connectivity index (χ1) is 5.20.